The largest absolute Gasteiger partial charge is 0.507 e. The number of hydrogen-bond acceptors (Lipinski definition) is 3. The highest BCUT2D eigenvalue weighted by molar-refractivity contribution is 5.34. The summed E-state index contributed by atoms with van der Waals surface area (Å²) in [6.07, 6.45) is 0. The van der Waals surface area contributed by atoms with Crippen molar-refractivity contribution in [1.82, 2.24) is 0 Å². The Labute approximate surface area is 68.8 Å². The molecule has 0 amide bonds. The molecule has 0 aliphatic carbocycles. The van der Waals surface area contributed by atoms with Crippen LogP contribution in [0, 0.1) is 10.7 Å². The van der Waals surface area contributed by atoms with Crippen LogP contribution >= 0.6 is 0 Å². The number of halogens is 1. The molecular weight excluding hydrogens is 161 g/mol. The van der Waals surface area contributed by atoms with Gasteiger partial charge in [-0.15, -0.1) is 0 Å². The maximum atomic E-state index is 12.4. The Morgan fingerprint density at radius 1 is 1.58 bits per heavy atom. The lowest BCUT2D eigenvalue weighted by Gasteiger charge is -2.04. The van der Waals surface area contributed by atoms with Crippen LogP contribution in [0.4, 0.5) is 4.39 Å². The van der Waals surface area contributed by atoms with Crippen LogP contribution in [0.1, 0.15) is 18.5 Å². The van der Waals surface area contributed by atoms with Crippen LogP contribution < -0.4 is 0 Å². The molecule has 0 aliphatic rings. The van der Waals surface area contributed by atoms with Gasteiger partial charge in [-0.2, -0.15) is 4.91 Å². The van der Waals surface area contributed by atoms with Gasteiger partial charge < -0.3 is 5.11 Å². The molecule has 0 spiro atoms. The van der Waals surface area contributed by atoms with Crippen LogP contribution in [-0.4, -0.2) is 5.11 Å². The average molecular weight is 169 g/mol. The first-order valence-corrected chi connectivity index (χ1v) is 3.46. The first-order valence-electron chi connectivity index (χ1n) is 3.46. The fourth-order valence-electron chi connectivity index (χ4n) is 0.927. The van der Waals surface area contributed by atoms with E-state index in [1.807, 2.05) is 0 Å². The maximum absolute atomic E-state index is 12.4. The quantitative estimate of drug-likeness (QED) is 0.691. The summed E-state index contributed by atoms with van der Waals surface area (Å²) in [6.45, 7) is 1.53. The smallest absolute Gasteiger partial charge is 0.126 e. The number of aromatic hydroxyl groups is 1. The van der Waals surface area contributed by atoms with Crippen molar-refractivity contribution < 1.29 is 9.50 Å². The summed E-state index contributed by atoms with van der Waals surface area (Å²) in [6, 6.07) is 2.83. The van der Waals surface area contributed by atoms with E-state index >= 15 is 0 Å². The van der Waals surface area contributed by atoms with Gasteiger partial charge in [-0.25, -0.2) is 4.39 Å². The summed E-state index contributed by atoms with van der Waals surface area (Å²) in [4.78, 5) is 10.1. The molecule has 0 aromatic heterocycles. The Morgan fingerprint density at radius 2 is 2.25 bits per heavy atom. The van der Waals surface area contributed by atoms with Gasteiger partial charge in [-0.1, -0.05) is 11.2 Å². The van der Waals surface area contributed by atoms with Gasteiger partial charge in [0.05, 0.1) is 0 Å². The Balaban J connectivity index is 3.09. The third-order valence-electron chi connectivity index (χ3n) is 1.60. The van der Waals surface area contributed by atoms with Gasteiger partial charge >= 0.3 is 0 Å². The van der Waals surface area contributed by atoms with Gasteiger partial charge in [0.2, 0.25) is 0 Å². The lowest BCUT2D eigenvalue weighted by molar-refractivity contribution is 0.457. The topological polar surface area (TPSA) is 49.7 Å². The lowest BCUT2D eigenvalue weighted by Crippen LogP contribution is -1.89. The second-order valence-corrected chi connectivity index (χ2v) is 2.48. The van der Waals surface area contributed by atoms with E-state index in [-0.39, 0.29) is 5.75 Å². The van der Waals surface area contributed by atoms with Crippen LogP contribution in [0.3, 0.4) is 0 Å². The average Bonchev–Trinajstić information content (AvgIpc) is 2.03. The normalized spacial score (nSPS) is 12.5. The predicted molar refractivity (Wildman–Crippen MR) is 42.3 cm³/mol. The van der Waals surface area contributed by atoms with Crippen molar-refractivity contribution in [1.29, 1.82) is 0 Å². The van der Waals surface area contributed by atoms with E-state index in [1.54, 1.807) is 0 Å². The van der Waals surface area contributed by atoms with Crippen molar-refractivity contribution in [3.8, 4) is 5.75 Å². The van der Waals surface area contributed by atoms with E-state index in [9.17, 15) is 9.30 Å². The van der Waals surface area contributed by atoms with Crippen LogP contribution in [0.5, 0.6) is 5.75 Å². The SMILES string of the molecule is CC(N=O)c1ccc(F)cc1O. The lowest BCUT2D eigenvalue weighted by atomic mass is 10.1. The van der Waals surface area contributed by atoms with Crippen LogP contribution in [-0.2, 0) is 0 Å². The number of phenols is 1. The van der Waals surface area contributed by atoms with Gasteiger partial charge in [0.1, 0.15) is 17.6 Å². The minimum atomic E-state index is -0.648. The molecule has 1 aromatic carbocycles. The molecule has 1 N–H and O–H groups in total. The summed E-state index contributed by atoms with van der Waals surface area (Å²) in [5, 5.41) is 11.9. The predicted octanol–water partition coefficient (Wildman–Crippen LogP) is 2.36. The van der Waals surface area contributed by atoms with Gasteiger partial charge in [0.25, 0.3) is 0 Å². The zero-order valence-corrected chi connectivity index (χ0v) is 6.49. The molecule has 1 rings (SSSR count). The second-order valence-electron chi connectivity index (χ2n) is 2.48. The molecule has 64 valence electrons. The van der Waals surface area contributed by atoms with Gasteiger partial charge in [-0.05, 0) is 13.0 Å². The number of nitroso groups, excluding NO2 is 1. The molecule has 4 heteroatoms. The van der Waals surface area contributed by atoms with Crippen molar-refractivity contribution >= 4 is 0 Å². The second kappa shape index (κ2) is 3.30. The summed E-state index contributed by atoms with van der Waals surface area (Å²) >= 11 is 0. The molecule has 12 heavy (non-hydrogen) atoms. The molecule has 0 aliphatic heterocycles. The number of rotatable bonds is 2. The molecule has 0 saturated heterocycles. The van der Waals surface area contributed by atoms with Crippen molar-refractivity contribution in [3.05, 3.63) is 34.5 Å². The number of hydrogen-bond donors (Lipinski definition) is 1. The monoisotopic (exact) mass is 169 g/mol. The first kappa shape index (κ1) is 8.64. The zero-order chi connectivity index (χ0) is 9.14. The van der Waals surface area contributed by atoms with Crippen LogP contribution in [0.2, 0.25) is 0 Å². The Morgan fingerprint density at radius 3 is 2.75 bits per heavy atom. The third kappa shape index (κ3) is 1.58. The van der Waals surface area contributed by atoms with Crippen LogP contribution in [0.25, 0.3) is 0 Å². The number of phenolic OH excluding ortho intramolecular Hbond substituents is 1. The van der Waals surface area contributed by atoms with Crippen LogP contribution in [0.15, 0.2) is 23.4 Å². The highest BCUT2D eigenvalue weighted by atomic mass is 19.1. The molecule has 1 aromatic rings. The minimum absolute atomic E-state index is 0.234. The molecule has 0 bridgehead atoms. The van der Waals surface area contributed by atoms with E-state index in [0.29, 0.717) is 5.56 Å². The fourth-order valence-corrected chi connectivity index (χ4v) is 0.927. The number of nitrogens with zero attached hydrogens (tertiary/aromatic N) is 1. The molecule has 0 radical (unpaired) electrons. The van der Waals surface area contributed by atoms with Gasteiger partial charge in [0.15, 0.2) is 0 Å². The number of benzene rings is 1. The summed E-state index contributed by atoms with van der Waals surface area (Å²) in [7, 11) is 0. The fraction of sp³-hybridized carbons (Fsp3) is 0.250. The molecular formula is C8H8FNO2. The molecule has 0 fully saturated rings. The first-order chi connectivity index (χ1) is 5.65. The Bertz CT molecular complexity index is 301. The Kier molecular flexibility index (Phi) is 2.38. The van der Waals surface area contributed by atoms with Gasteiger partial charge in [0, 0.05) is 11.6 Å². The molecule has 1 atom stereocenters. The van der Waals surface area contributed by atoms with Crippen molar-refractivity contribution in [2.24, 2.45) is 5.18 Å². The van der Waals surface area contributed by atoms with E-state index in [2.05, 4.69) is 5.18 Å². The van der Waals surface area contributed by atoms with E-state index in [0.717, 1.165) is 6.07 Å². The standard InChI is InChI=1S/C8H8FNO2/c1-5(10-12)7-3-2-6(9)4-8(7)11/h2-5,11H,1H3. The highest BCUT2D eigenvalue weighted by Crippen LogP contribution is 2.26. The van der Waals surface area contributed by atoms with E-state index < -0.39 is 11.9 Å². The summed E-state index contributed by atoms with van der Waals surface area (Å²) in [5.41, 5.74) is 0.339. The summed E-state index contributed by atoms with van der Waals surface area (Å²) in [5.74, 6) is -0.767. The molecule has 0 saturated carbocycles. The Hall–Kier alpha value is -1.45. The molecule has 0 heterocycles. The highest BCUT2D eigenvalue weighted by Gasteiger charge is 2.10. The maximum Gasteiger partial charge on any atom is 0.126 e. The minimum Gasteiger partial charge on any atom is -0.507 e. The molecule has 1 unspecified atom stereocenters. The van der Waals surface area contributed by atoms with E-state index in [1.165, 1.54) is 19.1 Å². The third-order valence-corrected chi connectivity index (χ3v) is 1.60. The molecule has 3 nitrogen and oxygen atoms in total. The van der Waals surface area contributed by atoms with Crippen molar-refractivity contribution in [2.75, 3.05) is 0 Å². The van der Waals surface area contributed by atoms with Crippen molar-refractivity contribution in [3.63, 3.8) is 0 Å². The summed E-state index contributed by atoms with van der Waals surface area (Å²) < 4.78 is 12.4. The van der Waals surface area contributed by atoms with Crippen molar-refractivity contribution in [2.45, 2.75) is 13.0 Å². The van der Waals surface area contributed by atoms with E-state index in [4.69, 9.17) is 5.11 Å². The van der Waals surface area contributed by atoms with Gasteiger partial charge in [-0.3, -0.25) is 0 Å². The zero-order valence-electron chi connectivity index (χ0n) is 6.49.